The summed E-state index contributed by atoms with van der Waals surface area (Å²) < 4.78 is 0. The molecule has 0 heterocycles. The minimum absolute atomic E-state index is 0.903. The van der Waals surface area contributed by atoms with Crippen molar-refractivity contribution in [1.82, 2.24) is 0 Å². The Bertz CT molecular complexity index is 340. The highest BCUT2D eigenvalue weighted by atomic mass is 14.6. The molecule has 0 N–H and O–H groups in total. The molecule has 3 aliphatic rings. The van der Waals surface area contributed by atoms with Crippen LogP contribution in [-0.2, 0) is 0 Å². The molecule has 0 radical (unpaired) electrons. The molecule has 7 unspecified atom stereocenters. The van der Waals surface area contributed by atoms with Crippen molar-refractivity contribution < 1.29 is 0 Å². The average molecular weight is 244 g/mol. The summed E-state index contributed by atoms with van der Waals surface area (Å²) in [5.41, 5.74) is 0. The first-order chi connectivity index (χ1) is 8.76. The van der Waals surface area contributed by atoms with Gasteiger partial charge in [0.2, 0.25) is 0 Å². The van der Waals surface area contributed by atoms with E-state index >= 15 is 0 Å². The van der Waals surface area contributed by atoms with Crippen LogP contribution in [0.15, 0.2) is 24.8 Å². The van der Waals surface area contributed by atoms with E-state index in [0.29, 0.717) is 0 Å². The van der Waals surface area contributed by atoms with E-state index in [1.54, 1.807) is 0 Å². The molecule has 100 valence electrons. The molecule has 0 heteroatoms. The normalized spacial score (nSPS) is 46.3. The number of fused-ring (bicyclic) bond motifs is 5. The van der Waals surface area contributed by atoms with E-state index < -0.39 is 0 Å². The zero-order valence-electron chi connectivity index (χ0n) is 12.0. The predicted molar refractivity (Wildman–Crippen MR) is 78.2 cm³/mol. The Kier molecular flexibility index (Phi) is 3.38. The molecule has 0 aromatic heterocycles. The first kappa shape index (κ1) is 12.5. The van der Waals surface area contributed by atoms with Gasteiger partial charge in [0.05, 0.1) is 0 Å². The number of rotatable bonds is 5. The van der Waals surface area contributed by atoms with Crippen molar-refractivity contribution in [3.63, 3.8) is 0 Å². The zero-order valence-corrected chi connectivity index (χ0v) is 12.0. The molecule has 3 aliphatic carbocycles. The third-order valence-corrected chi connectivity index (χ3v) is 6.28. The minimum Gasteiger partial charge on any atom is -0.103 e. The number of hydrogen-bond donors (Lipinski definition) is 0. The van der Waals surface area contributed by atoms with Crippen molar-refractivity contribution in [2.75, 3.05) is 0 Å². The number of hydrogen-bond acceptors (Lipinski definition) is 0. The summed E-state index contributed by atoms with van der Waals surface area (Å²) in [5, 5.41) is 0. The van der Waals surface area contributed by atoms with Crippen molar-refractivity contribution in [2.45, 2.75) is 46.0 Å². The second-order valence-corrected chi connectivity index (χ2v) is 7.01. The molecule has 0 nitrogen and oxygen atoms in total. The molecule has 2 bridgehead atoms. The molecular weight excluding hydrogens is 216 g/mol. The average Bonchev–Trinajstić information content (AvgIpc) is 3.06. The highest BCUT2D eigenvalue weighted by Gasteiger charge is 2.55. The fraction of sp³-hybridized carbons (Fsp3) is 0.778. The van der Waals surface area contributed by atoms with E-state index in [-0.39, 0.29) is 0 Å². The maximum absolute atomic E-state index is 3.88. The molecule has 0 aromatic carbocycles. The highest BCUT2D eigenvalue weighted by molar-refractivity contribution is 5.18. The Hall–Kier alpha value is -0.520. The molecule has 2 fully saturated rings. The topological polar surface area (TPSA) is 0 Å². The van der Waals surface area contributed by atoms with Gasteiger partial charge in [0.15, 0.2) is 0 Å². The van der Waals surface area contributed by atoms with Crippen LogP contribution in [0.1, 0.15) is 46.0 Å². The van der Waals surface area contributed by atoms with Crippen LogP contribution in [-0.4, -0.2) is 0 Å². The molecule has 0 aromatic rings. The van der Waals surface area contributed by atoms with Gasteiger partial charge in [-0.3, -0.25) is 0 Å². The van der Waals surface area contributed by atoms with Crippen molar-refractivity contribution in [3.05, 3.63) is 24.8 Å². The molecule has 0 saturated heterocycles. The Morgan fingerprint density at radius 2 is 1.94 bits per heavy atom. The quantitative estimate of drug-likeness (QED) is 0.592. The van der Waals surface area contributed by atoms with Crippen LogP contribution in [0.25, 0.3) is 0 Å². The van der Waals surface area contributed by atoms with Crippen LogP contribution in [0, 0.1) is 41.4 Å². The smallest absolute Gasteiger partial charge is 0.0194 e. The Morgan fingerprint density at radius 1 is 1.22 bits per heavy atom. The second kappa shape index (κ2) is 4.87. The van der Waals surface area contributed by atoms with Gasteiger partial charge in [0.25, 0.3) is 0 Å². The van der Waals surface area contributed by atoms with Crippen molar-refractivity contribution in [1.29, 1.82) is 0 Å². The van der Waals surface area contributed by atoms with Crippen LogP contribution in [0.5, 0.6) is 0 Å². The van der Waals surface area contributed by atoms with Crippen LogP contribution in [0.3, 0.4) is 0 Å². The maximum Gasteiger partial charge on any atom is -0.0194 e. The summed E-state index contributed by atoms with van der Waals surface area (Å²) in [7, 11) is 0. The standard InChI is InChI=1S/C18H28/c1-4-6-7-12(3)16-11-13(5-2)17-14-8-9-15(10-14)18(16)17/h4,8-9,12-18H,1,5-7,10-11H2,2-3H3. The van der Waals surface area contributed by atoms with E-state index in [4.69, 9.17) is 0 Å². The van der Waals surface area contributed by atoms with Gasteiger partial charge >= 0.3 is 0 Å². The van der Waals surface area contributed by atoms with E-state index in [1.165, 1.54) is 32.1 Å². The highest BCUT2D eigenvalue weighted by Crippen LogP contribution is 2.62. The molecule has 0 spiro atoms. The largest absolute Gasteiger partial charge is 0.103 e. The second-order valence-electron chi connectivity index (χ2n) is 7.01. The summed E-state index contributed by atoms with van der Waals surface area (Å²) >= 11 is 0. The van der Waals surface area contributed by atoms with Gasteiger partial charge < -0.3 is 0 Å². The minimum atomic E-state index is 0.903. The van der Waals surface area contributed by atoms with Crippen LogP contribution >= 0.6 is 0 Å². The lowest BCUT2D eigenvalue weighted by Gasteiger charge is -2.30. The van der Waals surface area contributed by atoms with Gasteiger partial charge in [-0.05, 0) is 67.1 Å². The molecule has 0 amide bonds. The summed E-state index contributed by atoms with van der Waals surface area (Å²) in [6, 6.07) is 0. The predicted octanol–water partition coefficient (Wildman–Crippen LogP) is 5.07. The molecule has 7 atom stereocenters. The van der Waals surface area contributed by atoms with Gasteiger partial charge in [-0.2, -0.15) is 0 Å². The summed E-state index contributed by atoms with van der Waals surface area (Å²) in [4.78, 5) is 0. The first-order valence-electron chi connectivity index (χ1n) is 8.05. The maximum atomic E-state index is 3.88. The van der Waals surface area contributed by atoms with Crippen LogP contribution < -0.4 is 0 Å². The third kappa shape index (κ3) is 1.80. The van der Waals surface area contributed by atoms with Gasteiger partial charge in [-0.25, -0.2) is 0 Å². The van der Waals surface area contributed by atoms with Crippen LogP contribution in [0.4, 0.5) is 0 Å². The summed E-state index contributed by atoms with van der Waals surface area (Å²) in [6.07, 6.45) is 14.2. The lowest BCUT2D eigenvalue weighted by molar-refractivity contribution is 0.210. The van der Waals surface area contributed by atoms with Crippen LogP contribution in [0.2, 0.25) is 0 Å². The van der Waals surface area contributed by atoms with E-state index in [2.05, 4.69) is 38.7 Å². The summed E-state index contributed by atoms with van der Waals surface area (Å²) in [5.74, 6) is 6.88. The molecular formula is C18H28. The van der Waals surface area contributed by atoms with E-state index in [0.717, 1.165) is 41.4 Å². The fourth-order valence-corrected chi connectivity index (χ4v) is 5.47. The van der Waals surface area contributed by atoms with Crippen molar-refractivity contribution in [3.8, 4) is 0 Å². The van der Waals surface area contributed by atoms with Gasteiger partial charge in [-0.1, -0.05) is 38.5 Å². The first-order valence-corrected chi connectivity index (χ1v) is 8.05. The molecule has 3 rings (SSSR count). The molecule has 18 heavy (non-hydrogen) atoms. The molecule has 0 aliphatic heterocycles. The summed E-state index contributed by atoms with van der Waals surface area (Å²) in [6.45, 7) is 8.79. The van der Waals surface area contributed by atoms with E-state index in [9.17, 15) is 0 Å². The van der Waals surface area contributed by atoms with Crippen molar-refractivity contribution in [2.24, 2.45) is 41.4 Å². The lowest BCUT2D eigenvalue weighted by atomic mass is 9.74. The zero-order chi connectivity index (χ0) is 12.7. The monoisotopic (exact) mass is 244 g/mol. The lowest BCUT2D eigenvalue weighted by Crippen LogP contribution is -2.25. The van der Waals surface area contributed by atoms with Gasteiger partial charge in [0, 0.05) is 0 Å². The Labute approximate surface area is 113 Å². The molecule has 2 saturated carbocycles. The Morgan fingerprint density at radius 3 is 2.61 bits per heavy atom. The van der Waals surface area contributed by atoms with Gasteiger partial charge in [0.1, 0.15) is 0 Å². The van der Waals surface area contributed by atoms with Gasteiger partial charge in [-0.15, -0.1) is 6.58 Å². The fourth-order valence-electron chi connectivity index (χ4n) is 5.47. The number of allylic oxidation sites excluding steroid dienone is 3. The third-order valence-electron chi connectivity index (χ3n) is 6.28. The van der Waals surface area contributed by atoms with Crippen molar-refractivity contribution >= 4 is 0 Å². The SMILES string of the molecule is C=CCCC(C)C1CC(CC)C2C3C=CC(C3)C12. The van der Waals surface area contributed by atoms with E-state index in [1.807, 2.05) is 0 Å². The Balaban J connectivity index is 1.76.